The highest BCUT2D eigenvalue weighted by Gasteiger charge is 2.19. The van der Waals surface area contributed by atoms with E-state index in [1.54, 1.807) is 30.6 Å². The minimum Gasteiger partial charge on any atom is -0.459 e. The van der Waals surface area contributed by atoms with Crippen molar-refractivity contribution in [2.24, 2.45) is 0 Å². The molecule has 1 radical (unpaired) electrons. The molecule has 103 valence electrons. The van der Waals surface area contributed by atoms with Gasteiger partial charge in [0.25, 0.3) is 0 Å². The largest absolute Gasteiger partial charge is 0.459 e. The summed E-state index contributed by atoms with van der Waals surface area (Å²) in [5.41, 5.74) is 1.22. The first-order valence-corrected chi connectivity index (χ1v) is 6.76. The number of carbonyl (C=O) groups excluding carboxylic acids is 1. The Morgan fingerprint density at radius 2 is 1.95 bits per heavy atom. The summed E-state index contributed by atoms with van der Waals surface area (Å²) in [7, 11) is 0. The van der Waals surface area contributed by atoms with Gasteiger partial charge in [0.05, 0.1) is 11.8 Å². The number of hydrogen-bond donors (Lipinski definition) is 0. The van der Waals surface area contributed by atoms with Gasteiger partial charge in [-0.1, -0.05) is 42.5 Å². The van der Waals surface area contributed by atoms with Gasteiger partial charge in [-0.05, 0) is 18.6 Å². The van der Waals surface area contributed by atoms with E-state index in [4.69, 9.17) is 4.74 Å². The monoisotopic (exact) mass is 276 g/mol. The van der Waals surface area contributed by atoms with Crippen LogP contribution in [0.15, 0.2) is 78.3 Å². The highest BCUT2D eigenvalue weighted by atomic mass is 16.5. The van der Waals surface area contributed by atoms with Gasteiger partial charge in [0.1, 0.15) is 11.5 Å². The Hall–Kier alpha value is -2.68. The summed E-state index contributed by atoms with van der Waals surface area (Å²) in [6, 6.07) is 12.8. The molecule has 0 amide bonds. The van der Waals surface area contributed by atoms with Crippen molar-refractivity contribution in [3.05, 3.63) is 90.3 Å². The van der Waals surface area contributed by atoms with Crippen molar-refractivity contribution < 1.29 is 9.53 Å². The van der Waals surface area contributed by atoms with Gasteiger partial charge in [-0.3, -0.25) is 9.78 Å². The lowest BCUT2D eigenvalue weighted by Crippen LogP contribution is -2.11. The summed E-state index contributed by atoms with van der Waals surface area (Å²) in [6.07, 6.45) is 9.74. The van der Waals surface area contributed by atoms with E-state index in [9.17, 15) is 4.79 Å². The molecule has 2 aromatic rings. The molecule has 1 aliphatic carbocycles. The highest BCUT2D eigenvalue weighted by molar-refractivity contribution is 6.11. The molecule has 0 saturated heterocycles. The van der Waals surface area contributed by atoms with Crippen molar-refractivity contribution in [3.63, 3.8) is 0 Å². The van der Waals surface area contributed by atoms with E-state index in [-0.39, 0.29) is 5.78 Å². The van der Waals surface area contributed by atoms with Gasteiger partial charge in [0.2, 0.25) is 0 Å². The third kappa shape index (κ3) is 3.08. The second-order valence-corrected chi connectivity index (χ2v) is 4.61. The fourth-order valence-electron chi connectivity index (χ4n) is 2.12. The number of aromatic nitrogens is 1. The predicted molar refractivity (Wildman–Crippen MR) is 80.7 cm³/mol. The van der Waals surface area contributed by atoms with Crippen LogP contribution in [0.3, 0.4) is 0 Å². The maximum Gasteiger partial charge on any atom is 0.196 e. The number of hydrogen-bond acceptors (Lipinski definition) is 3. The number of ether oxygens (including phenoxy) is 1. The third-order valence-electron chi connectivity index (χ3n) is 3.13. The molecule has 0 saturated carbocycles. The van der Waals surface area contributed by atoms with Crippen molar-refractivity contribution in [2.75, 3.05) is 0 Å². The third-order valence-corrected chi connectivity index (χ3v) is 3.13. The van der Waals surface area contributed by atoms with Crippen LogP contribution in [-0.4, -0.2) is 10.8 Å². The van der Waals surface area contributed by atoms with Crippen LogP contribution in [0.1, 0.15) is 16.8 Å². The zero-order valence-corrected chi connectivity index (χ0v) is 11.4. The average Bonchev–Trinajstić information content (AvgIpc) is 2.56. The molecule has 3 rings (SSSR count). The molecular weight excluding hydrogens is 262 g/mol. The van der Waals surface area contributed by atoms with E-state index >= 15 is 0 Å². The standard InChI is InChI=1S/C18H14NO2/c20-18(14-7-2-1-3-8-14)16-10-4-5-11-17(16)21-15-9-6-12-19-13-15/h1-4,6-13H,5H2. The molecule has 0 fully saturated rings. The van der Waals surface area contributed by atoms with Gasteiger partial charge in [-0.2, -0.15) is 0 Å². The zero-order valence-electron chi connectivity index (χ0n) is 11.4. The van der Waals surface area contributed by atoms with E-state index in [1.165, 1.54) is 0 Å². The SMILES string of the molecule is O=C(C1=C(Oc2cccnc2)[CH]CC=C1)c1ccccc1. The number of carbonyl (C=O) groups is 1. The van der Waals surface area contributed by atoms with Crippen LogP contribution in [0.2, 0.25) is 0 Å². The zero-order chi connectivity index (χ0) is 14.5. The summed E-state index contributed by atoms with van der Waals surface area (Å²) in [5, 5.41) is 0. The van der Waals surface area contributed by atoms with Crippen LogP contribution in [0, 0.1) is 6.42 Å². The molecule has 1 aromatic carbocycles. The quantitative estimate of drug-likeness (QED) is 0.798. The van der Waals surface area contributed by atoms with Crippen molar-refractivity contribution in [1.29, 1.82) is 0 Å². The second kappa shape index (κ2) is 6.18. The Bertz CT molecular complexity index is 688. The van der Waals surface area contributed by atoms with Crippen LogP contribution in [-0.2, 0) is 0 Å². The van der Waals surface area contributed by atoms with Gasteiger partial charge in [-0.25, -0.2) is 0 Å². The van der Waals surface area contributed by atoms with Crippen molar-refractivity contribution in [3.8, 4) is 5.75 Å². The lowest BCUT2D eigenvalue weighted by Gasteiger charge is -2.15. The molecule has 1 heterocycles. The maximum atomic E-state index is 12.6. The van der Waals surface area contributed by atoms with Gasteiger partial charge < -0.3 is 4.74 Å². The lowest BCUT2D eigenvalue weighted by molar-refractivity contribution is 0.103. The lowest BCUT2D eigenvalue weighted by atomic mass is 9.97. The molecule has 3 nitrogen and oxygen atoms in total. The van der Waals surface area contributed by atoms with Gasteiger partial charge in [0, 0.05) is 18.2 Å². The van der Waals surface area contributed by atoms with Crippen LogP contribution >= 0.6 is 0 Å². The first kappa shape index (κ1) is 13.3. The summed E-state index contributed by atoms with van der Waals surface area (Å²) in [6.45, 7) is 0. The Morgan fingerprint density at radius 3 is 2.71 bits per heavy atom. The summed E-state index contributed by atoms with van der Waals surface area (Å²) in [5.74, 6) is 1.17. The van der Waals surface area contributed by atoms with E-state index in [0.717, 1.165) is 6.42 Å². The number of rotatable bonds is 4. The predicted octanol–water partition coefficient (Wildman–Crippen LogP) is 3.76. The van der Waals surface area contributed by atoms with E-state index < -0.39 is 0 Å². The normalized spacial score (nSPS) is 14.1. The highest BCUT2D eigenvalue weighted by Crippen LogP contribution is 2.24. The molecular formula is C18H14NO2. The molecule has 0 unspecified atom stereocenters. The Balaban J connectivity index is 1.92. The van der Waals surface area contributed by atoms with Gasteiger partial charge >= 0.3 is 0 Å². The number of Topliss-reactive ketones (excluding diaryl/α,β-unsaturated/α-hetero) is 1. The number of allylic oxidation sites excluding steroid dienone is 4. The van der Waals surface area contributed by atoms with Crippen molar-refractivity contribution in [1.82, 2.24) is 4.98 Å². The number of pyridine rings is 1. The molecule has 3 heteroatoms. The summed E-state index contributed by atoms with van der Waals surface area (Å²) in [4.78, 5) is 16.6. The molecule has 1 aliphatic rings. The summed E-state index contributed by atoms with van der Waals surface area (Å²) < 4.78 is 5.80. The molecule has 21 heavy (non-hydrogen) atoms. The molecule has 0 bridgehead atoms. The fourth-order valence-corrected chi connectivity index (χ4v) is 2.12. The van der Waals surface area contributed by atoms with E-state index in [1.807, 2.05) is 42.8 Å². The Kier molecular flexibility index (Phi) is 3.92. The molecule has 0 N–H and O–H groups in total. The maximum absolute atomic E-state index is 12.6. The number of nitrogens with zero attached hydrogens (tertiary/aromatic N) is 1. The Morgan fingerprint density at radius 1 is 1.10 bits per heavy atom. The molecule has 0 atom stereocenters. The van der Waals surface area contributed by atoms with Gasteiger partial charge in [0.15, 0.2) is 5.78 Å². The van der Waals surface area contributed by atoms with E-state index in [2.05, 4.69) is 4.98 Å². The minimum atomic E-state index is -0.0401. The first-order valence-electron chi connectivity index (χ1n) is 6.76. The first-order chi connectivity index (χ1) is 10.3. The molecule has 0 spiro atoms. The molecule has 1 aromatic heterocycles. The summed E-state index contributed by atoms with van der Waals surface area (Å²) >= 11 is 0. The van der Waals surface area contributed by atoms with Crippen LogP contribution in [0.4, 0.5) is 0 Å². The number of benzene rings is 1. The second-order valence-electron chi connectivity index (χ2n) is 4.61. The fraction of sp³-hybridized carbons (Fsp3) is 0.0556. The average molecular weight is 276 g/mol. The van der Waals surface area contributed by atoms with E-state index in [0.29, 0.717) is 22.6 Å². The van der Waals surface area contributed by atoms with Crippen molar-refractivity contribution in [2.45, 2.75) is 6.42 Å². The van der Waals surface area contributed by atoms with Crippen LogP contribution in [0.25, 0.3) is 0 Å². The van der Waals surface area contributed by atoms with Crippen LogP contribution < -0.4 is 4.74 Å². The molecule has 0 aliphatic heterocycles. The smallest absolute Gasteiger partial charge is 0.196 e. The van der Waals surface area contributed by atoms with Crippen molar-refractivity contribution >= 4 is 5.78 Å². The van der Waals surface area contributed by atoms with Crippen LogP contribution in [0.5, 0.6) is 5.75 Å². The Labute approximate surface area is 123 Å². The topological polar surface area (TPSA) is 39.2 Å². The number of ketones is 1. The minimum absolute atomic E-state index is 0.0401. The van der Waals surface area contributed by atoms with Gasteiger partial charge in [-0.15, -0.1) is 0 Å².